The van der Waals surface area contributed by atoms with Gasteiger partial charge < -0.3 is 15.2 Å². The van der Waals surface area contributed by atoms with E-state index < -0.39 is 0 Å². The van der Waals surface area contributed by atoms with Crippen LogP contribution in [0.3, 0.4) is 0 Å². The standard InChI is InChI=1S/C18H33N5.HI/c1-4-16-7-9-17(10-8-16)22-18(19-3)21-11-5-6-13-23-14-12-20-15(23)2;/h12,14,16-17H,4-11,13H2,1-3H3,(H2,19,21,22);1H. The number of aliphatic imine (C=N–C) groups is 1. The van der Waals surface area contributed by atoms with Crippen molar-refractivity contribution < 1.29 is 0 Å². The molecule has 1 saturated carbocycles. The maximum absolute atomic E-state index is 4.36. The van der Waals surface area contributed by atoms with Crippen LogP contribution in [0.5, 0.6) is 0 Å². The number of hydrogen-bond donors (Lipinski definition) is 2. The Labute approximate surface area is 164 Å². The zero-order chi connectivity index (χ0) is 16.5. The molecule has 1 heterocycles. The van der Waals surface area contributed by atoms with Crippen LogP contribution in [0.15, 0.2) is 17.4 Å². The lowest BCUT2D eigenvalue weighted by molar-refractivity contribution is 0.304. The monoisotopic (exact) mass is 447 g/mol. The van der Waals surface area contributed by atoms with Crippen molar-refractivity contribution in [1.29, 1.82) is 0 Å². The predicted octanol–water partition coefficient (Wildman–Crippen LogP) is 3.72. The summed E-state index contributed by atoms with van der Waals surface area (Å²) >= 11 is 0. The van der Waals surface area contributed by atoms with E-state index in [-0.39, 0.29) is 24.0 Å². The molecule has 1 fully saturated rings. The first kappa shape index (κ1) is 21.3. The van der Waals surface area contributed by atoms with E-state index in [1.807, 2.05) is 13.2 Å². The van der Waals surface area contributed by atoms with E-state index in [0.29, 0.717) is 6.04 Å². The summed E-state index contributed by atoms with van der Waals surface area (Å²) in [6.45, 7) is 6.37. The highest BCUT2D eigenvalue weighted by Gasteiger charge is 2.20. The molecule has 0 aliphatic heterocycles. The second kappa shape index (κ2) is 11.7. The highest BCUT2D eigenvalue weighted by molar-refractivity contribution is 14.0. The van der Waals surface area contributed by atoms with Crippen molar-refractivity contribution in [2.24, 2.45) is 10.9 Å². The van der Waals surface area contributed by atoms with Gasteiger partial charge in [0.2, 0.25) is 0 Å². The lowest BCUT2D eigenvalue weighted by Gasteiger charge is -2.29. The number of halogens is 1. The molecule has 0 amide bonds. The van der Waals surface area contributed by atoms with Crippen molar-refractivity contribution in [2.75, 3.05) is 13.6 Å². The van der Waals surface area contributed by atoms with Gasteiger partial charge in [-0.25, -0.2) is 4.98 Å². The first-order chi connectivity index (χ1) is 11.2. The number of rotatable bonds is 7. The maximum atomic E-state index is 4.36. The van der Waals surface area contributed by atoms with Gasteiger partial charge in [-0.15, -0.1) is 24.0 Å². The van der Waals surface area contributed by atoms with Crippen LogP contribution < -0.4 is 10.6 Å². The van der Waals surface area contributed by atoms with E-state index >= 15 is 0 Å². The van der Waals surface area contributed by atoms with Gasteiger partial charge in [-0.2, -0.15) is 0 Å². The lowest BCUT2D eigenvalue weighted by atomic mass is 9.84. The Hall–Kier alpha value is -0.790. The molecule has 0 aromatic carbocycles. The molecule has 138 valence electrons. The van der Waals surface area contributed by atoms with Crippen LogP contribution in [-0.4, -0.2) is 35.1 Å². The van der Waals surface area contributed by atoms with Crippen LogP contribution >= 0.6 is 24.0 Å². The normalized spacial score (nSPS) is 21.2. The smallest absolute Gasteiger partial charge is 0.191 e. The molecule has 6 heteroatoms. The topological polar surface area (TPSA) is 54.2 Å². The molecule has 1 aliphatic carbocycles. The summed E-state index contributed by atoms with van der Waals surface area (Å²) in [6, 6.07) is 0.595. The second-order valence-corrected chi connectivity index (χ2v) is 6.64. The van der Waals surface area contributed by atoms with Gasteiger partial charge in [0.05, 0.1) is 0 Å². The predicted molar refractivity (Wildman–Crippen MR) is 112 cm³/mol. The van der Waals surface area contributed by atoms with Crippen molar-refractivity contribution in [3.05, 3.63) is 18.2 Å². The quantitative estimate of drug-likeness (QED) is 0.290. The van der Waals surface area contributed by atoms with Gasteiger partial charge in [-0.05, 0) is 51.4 Å². The molecule has 2 N–H and O–H groups in total. The third-order valence-corrected chi connectivity index (χ3v) is 5.03. The summed E-state index contributed by atoms with van der Waals surface area (Å²) in [7, 11) is 1.86. The number of unbranched alkanes of at least 4 members (excludes halogenated alkanes) is 1. The summed E-state index contributed by atoms with van der Waals surface area (Å²) < 4.78 is 2.21. The van der Waals surface area contributed by atoms with Crippen LogP contribution in [0.2, 0.25) is 0 Å². The minimum Gasteiger partial charge on any atom is -0.356 e. The Morgan fingerprint density at radius 2 is 2.04 bits per heavy atom. The molecule has 24 heavy (non-hydrogen) atoms. The van der Waals surface area contributed by atoms with Gasteiger partial charge in [0, 0.05) is 38.6 Å². The fourth-order valence-corrected chi connectivity index (χ4v) is 3.36. The van der Waals surface area contributed by atoms with Gasteiger partial charge in [-0.1, -0.05) is 13.3 Å². The number of nitrogens with zero attached hydrogens (tertiary/aromatic N) is 3. The molecule has 0 bridgehead atoms. The molecule has 0 atom stereocenters. The summed E-state index contributed by atoms with van der Waals surface area (Å²) in [4.78, 5) is 8.61. The first-order valence-electron chi connectivity index (χ1n) is 9.17. The van der Waals surface area contributed by atoms with Crippen LogP contribution in [0.1, 0.15) is 57.7 Å². The largest absolute Gasteiger partial charge is 0.356 e. The van der Waals surface area contributed by atoms with E-state index in [1.54, 1.807) is 0 Å². The van der Waals surface area contributed by atoms with Gasteiger partial charge in [0.1, 0.15) is 5.82 Å². The third-order valence-electron chi connectivity index (χ3n) is 5.03. The summed E-state index contributed by atoms with van der Waals surface area (Å²) in [6.07, 6.45) is 12.8. The highest BCUT2D eigenvalue weighted by atomic mass is 127. The average molecular weight is 447 g/mol. The van der Waals surface area contributed by atoms with Crippen molar-refractivity contribution in [2.45, 2.75) is 71.4 Å². The minimum atomic E-state index is 0. The van der Waals surface area contributed by atoms with Crippen LogP contribution in [-0.2, 0) is 6.54 Å². The molecule has 5 nitrogen and oxygen atoms in total. The number of aromatic nitrogens is 2. The first-order valence-corrected chi connectivity index (χ1v) is 9.17. The Balaban J connectivity index is 0.00000288. The Morgan fingerprint density at radius 1 is 1.29 bits per heavy atom. The Bertz CT molecular complexity index is 478. The molecule has 0 saturated heterocycles. The van der Waals surface area contributed by atoms with Crippen LogP contribution in [0, 0.1) is 12.8 Å². The number of nitrogens with one attached hydrogen (secondary N) is 2. The molecule has 1 aromatic heterocycles. The molecule has 2 rings (SSSR count). The highest BCUT2D eigenvalue weighted by Crippen LogP contribution is 2.26. The van der Waals surface area contributed by atoms with E-state index in [1.165, 1.54) is 32.1 Å². The van der Waals surface area contributed by atoms with E-state index in [0.717, 1.165) is 43.6 Å². The van der Waals surface area contributed by atoms with Gasteiger partial charge in [0.15, 0.2) is 5.96 Å². The number of imidazole rings is 1. The van der Waals surface area contributed by atoms with E-state index in [9.17, 15) is 0 Å². The number of guanidine groups is 1. The SMILES string of the molecule is CCC1CCC(NC(=NC)NCCCCn2ccnc2C)CC1.I. The molecule has 1 aromatic rings. The fraction of sp³-hybridized carbons (Fsp3) is 0.778. The van der Waals surface area contributed by atoms with E-state index in [2.05, 4.69) is 45.2 Å². The maximum Gasteiger partial charge on any atom is 0.191 e. The molecular formula is C18H34IN5. The van der Waals surface area contributed by atoms with Gasteiger partial charge >= 0.3 is 0 Å². The van der Waals surface area contributed by atoms with Crippen LogP contribution in [0.4, 0.5) is 0 Å². The van der Waals surface area contributed by atoms with Gasteiger partial charge in [-0.3, -0.25) is 4.99 Å². The molecule has 0 spiro atoms. The molecule has 0 unspecified atom stereocenters. The van der Waals surface area contributed by atoms with Gasteiger partial charge in [0.25, 0.3) is 0 Å². The minimum absolute atomic E-state index is 0. The number of hydrogen-bond acceptors (Lipinski definition) is 2. The van der Waals surface area contributed by atoms with Crippen LogP contribution in [0.25, 0.3) is 0 Å². The molecule has 0 radical (unpaired) electrons. The van der Waals surface area contributed by atoms with Crippen molar-refractivity contribution in [3.63, 3.8) is 0 Å². The lowest BCUT2D eigenvalue weighted by Crippen LogP contribution is -2.45. The Kier molecular flexibility index (Phi) is 10.4. The second-order valence-electron chi connectivity index (χ2n) is 6.64. The Morgan fingerprint density at radius 3 is 2.62 bits per heavy atom. The molecular weight excluding hydrogens is 413 g/mol. The van der Waals surface area contributed by atoms with E-state index in [4.69, 9.17) is 0 Å². The summed E-state index contributed by atoms with van der Waals surface area (Å²) in [5.74, 6) is 3.00. The van der Waals surface area contributed by atoms with Crippen molar-refractivity contribution >= 4 is 29.9 Å². The van der Waals surface area contributed by atoms with Crippen molar-refractivity contribution in [1.82, 2.24) is 20.2 Å². The summed E-state index contributed by atoms with van der Waals surface area (Å²) in [5, 5.41) is 7.04. The third kappa shape index (κ3) is 6.99. The number of aryl methyl sites for hydroxylation is 2. The zero-order valence-electron chi connectivity index (χ0n) is 15.4. The average Bonchev–Trinajstić information content (AvgIpc) is 2.99. The molecule has 1 aliphatic rings. The fourth-order valence-electron chi connectivity index (χ4n) is 3.36. The summed E-state index contributed by atoms with van der Waals surface area (Å²) in [5.41, 5.74) is 0. The van der Waals surface area contributed by atoms with Crippen molar-refractivity contribution in [3.8, 4) is 0 Å². The zero-order valence-corrected chi connectivity index (χ0v) is 17.8.